The topological polar surface area (TPSA) is 65.0 Å². The summed E-state index contributed by atoms with van der Waals surface area (Å²) in [6.07, 6.45) is 0. The summed E-state index contributed by atoms with van der Waals surface area (Å²) >= 11 is 5.75. The molecule has 1 aromatic rings. The van der Waals surface area contributed by atoms with Gasteiger partial charge in [-0.25, -0.2) is 14.6 Å². The summed E-state index contributed by atoms with van der Waals surface area (Å²) in [5.74, 6) is -1.73. The highest BCUT2D eigenvalue weighted by Gasteiger charge is 2.22. The van der Waals surface area contributed by atoms with Crippen LogP contribution in [0.2, 0.25) is 5.02 Å². The number of nitrogens with zero attached hydrogens (tertiary/aromatic N) is 1. The molecule has 0 atom stereocenters. The monoisotopic (exact) mass is 255 g/mol. The minimum atomic E-state index is -0.864. The Morgan fingerprint density at radius 2 is 1.76 bits per heavy atom. The number of carbonyl (C=O) groups excluding carboxylic acids is 2. The van der Waals surface area contributed by atoms with Gasteiger partial charge in [-0.2, -0.15) is 0 Å². The van der Waals surface area contributed by atoms with Crippen molar-refractivity contribution < 1.29 is 19.1 Å². The molecule has 6 heteroatoms. The largest absolute Gasteiger partial charge is 0.464 e. The van der Waals surface area contributed by atoms with Crippen LogP contribution < -0.4 is 0 Å². The van der Waals surface area contributed by atoms with E-state index in [9.17, 15) is 9.59 Å². The van der Waals surface area contributed by atoms with E-state index in [0.717, 1.165) is 14.2 Å². The quantitative estimate of drug-likeness (QED) is 0.469. The molecule has 0 bridgehead atoms. The average molecular weight is 256 g/mol. The van der Waals surface area contributed by atoms with Gasteiger partial charge in [-0.1, -0.05) is 17.7 Å². The van der Waals surface area contributed by atoms with Gasteiger partial charge in [0.25, 0.3) is 0 Å². The Balaban J connectivity index is 3.13. The lowest BCUT2D eigenvalue weighted by atomic mass is 10.3. The summed E-state index contributed by atoms with van der Waals surface area (Å²) in [5, 5.41) is 0.445. The summed E-state index contributed by atoms with van der Waals surface area (Å²) in [4.78, 5) is 26.5. The highest BCUT2D eigenvalue weighted by Crippen LogP contribution is 2.18. The molecule has 1 aromatic carbocycles. The van der Waals surface area contributed by atoms with Crippen LogP contribution in [0.1, 0.15) is 0 Å². The molecule has 1 rings (SSSR count). The Bertz CT molecular complexity index is 452. The Morgan fingerprint density at radius 3 is 2.24 bits per heavy atom. The first kappa shape index (κ1) is 13.2. The number of methoxy groups -OCH3 is 2. The van der Waals surface area contributed by atoms with Crippen LogP contribution in [0.3, 0.4) is 0 Å². The smallest absolute Gasteiger partial charge is 0.364 e. The standard InChI is InChI=1S/C11H10ClNO4/c1-16-10(14)9(11(15)17-2)13-8-5-3-4-7(12)6-8/h3-6H,1-2H3. The van der Waals surface area contributed by atoms with Crippen molar-refractivity contribution in [3.63, 3.8) is 0 Å². The SMILES string of the molecule is COC(=O)C(=Nc1cccc(Cl)c1)C(=O)OC. The summed E-state index contributed by atoms with van der Waals surface area (Å²) in [5.41, 5.74) is -0.0689. The number of ether oxygens (including phenoxy) is 2. The zero-order valence-corrected chi connectivity index (χ0v) is 10.0. The van der Waals surface area contributed by atoms with Gasteiger partial charge < -0.3 is 9.47 Å². The molecular weight excluding hydrogens is 246 g/mol. The fourth-order valence-electron chi connectivity index (χ4n) is 1.04. The minimum absolute atomic E-state index is 0.364. The van der Waals surface area contributed by atoms with Crippen molar-refractivity contribution in [3.05, 3.63) is 29.3 Å². The van der Waals surface area contributed by atoms with E-state index in [1.54, 1.807) is 18.2 Å². The molecule has 0 saturated heterocycles. The van der Waals surface area contributed by atoms with Gasteiger partial charge in [-0.15, -0.1) is 0 Å². The molecule has 0 saturated carbocycles. The van der Waals surface area contributed by atoms with E-state index in [4.69, 9.17) is 11.6 Å². The molecule has 17 heavy (non-hydrogen) atoms. The molecule has 0 spiro atoms. The molecule has 0 N–H and O–H groups in total. The molecule has 0 fully saturated rings. The van der Waals surface area contributed by atoms with Crippen LogP contribution in [0.25, 0.3) is 0 Å². The van der Waals surface area contributed by atoms with E-state index in [1.807, 2.05) is 0 Å². The molecule has 0 aliphatic rings. The van der Waals surface area contributed by atoms with E-state index in [-0.39, 0.29) is 0 Å². The van der Waals surface area contributed by atoms with Crippen molar-refractivity contribution in [3.8, 4) is 0 Å². The molecular formula is C11H10ClNO4. The van der Waals surface area contributed by atoms with Crippen LogP contribution in [0.4, 0.5) is 5.69 Å². The summed E-state index contributed by atoms with van der Waals surface area (Å²) < 4.78 is 8.87. The van der Waals surface area contributed by atoms with Gasteiger partial charge in [-0.3, -0.25) is 0 Å². The second kappa shape index (κ2) is 6.00. The maximum Gasteiger partial charge on any atom is 0.364 e. The fraction of sp³-hybridized carbons (Fsp3) is 0.182. The molecule has 0 aliphatic carbocycles. The molecule has 0 unspecified atom stereocenters. The van der Waals surface area contributed by atoms with Crippen molar-refractivity contribution in [2.45, 2.75) is 0 Å². The summed E-state index contributed by atoms with van der Waals surface area (Å²) in [6.45, 7) is 0. The molecule has 0 amide bonds. The van der Waals surface area contributed by atoms with Crippen LogP contribution in [-0.2, 0) is 19.1 Å². The van der Waals surface area contributed by atoms with E-state index in [0.29, 0.717) is 10.7 Å². The lowest BCUT2D eigenvalue weighted by Gasteiger charge is -2.02. The second-order valence-electron chi connectivity index (χ2n) is 2.92. The van der Waals surface area contributed by atoms with Crippen LogP contribution >= 0.6 is 11.6 Å². The molecule has 90 valence electrons. The number of hydrogen-bond donors (Lipinski definition) is 0. The Morgan fingerprint density at radius 1 is 1.18 bits per heavy atom. The van der Waals surface area contributed by atoms with Gasteiger partial charge in [-0.05, 0) is 18.2 Å². The fourth-order valence-corrected chi connectivity index (χ4v) is 1.23. The Hall–Kier alpha value is -1.88. The van der Waals surface area contributed by atoms with Crippen LogP contribution in [0.5, 0.6) is 0 Å². The van der Waals surface area contributed by atoms with Gasteiger partial charge >= 0.3 is 11.9 Å². The zero-order valence-electron chi connectivity index (χ0n) is 9.27. The van der Waals surface area contributed by atoms with Gasteiger partial charge in [0.1, 0.15) is 0 Å². The number of halogens is 1. The molecule has 0 aliphatic heterocycles. The third-order valence-corrected chi connectivity index (χ3v) is 2.04. The van der Waals surface area contributed by atoms with E-state index < -0.39 is 17.7 Å². The van der Waals surface area contributed by atoms with E-state index in [1.165, 1.54) is 6.07 Å². The van der Waals surface area contributed by atoms with Crippen molar-refractivity contribution in [2.75, 3.05) is 14.2 Å². The third-order valence-electron chi connectivity index (χ3n) is 1.81. The average Bonchev–Trinajstić information content (AvgIpc) is 2.34. The first-order chi connectivity index (χ1) is 8.08. The van der Waals surface area contributed by atoms with Crippen LogP contribution in [-0.4, -0.2) is 31.9 Å². The number of esters is 2. The van der Waals surface area contributed by atoms with Gasteiger partial charge in [0.05, 0.1) is 19.9 Å². The number of carbonyl (C=O) groups is 2. The predicted molar refractivity (Wildman–Crippen MR) is 62.6 cm³/mol. The second-order valence-corrected chi connectivity index (χ2v) is 3.36. The van der Waals surface area contributed by atoms with Crippen molar-refractivity contribution >= 4 is 34.9 Å². The molecule has 0 aromatic heterocycles. The van der Waals surface area contributed by atoms with Crippen LogP contribution in [0.15, 0.2) is 29.3 Å². The summed E-state index contributed by atoms with van der Waals surface area (Å²) in [6, 6.07) is 6.40. The molecule has 0 radical (unpaired) electrons. The highest BCUT2D eigenvalue weighted by atomic mass is 35.5. The summed E-state index contributed by atoms with van der Waals surface area (Å²) in [7, 11) is 2.30. The van der Waals surface area contributed by atoms with Crippen molar-refractivity contribution in [1.29, 1.82) is 0 Å². The number of hydrogen-bond acceptors (Lipinski definition) is 5. The van der Waals surface area contributed by atoms with Crippen molar-refractivity contribution in [1.82, 2.24) is 0 Å². The Labute approximate surface area is 103 Å². The normalized spacial score (nSPS) is 9.35. The first-order valence-corrected chi connectivity index (χ1v) is 4.97. The third kappa shape index (κ3) is 3.57. The Kier molecular flexibility index (Phi) is 4.66. The molecule has 0 heterocycles. The van der Waals surface area contributed by atoms with Gasteiger partial charge in [0, 0.05) is 5.02 Å². The maximum absolute atomic E-state index is 11.3. The van der Waals surface area contributed by atoms with Crippen molar-refractivity contribution in [2.24, 2.45) is 4.99 Å². The molecule has 5 nitrogen and oxygen atoms in total. The van der Waals surface area contributed by atoms with Gasteiger partial charge in [0.2, 0.25) is 5.71 Å². The van der Waals surface area contributed by atoms with Crippen LogP contribution in [0, 0.1) is 0 Å². The number of rotatable bonds is 3. The first-order valence-electron chi connectivity index (χ1n) is 4.59. The van der Waals surface area contributed by atoms with E-state index >= 15 is 0 Å². The zero-order chi connectivity index (χ0) is 12.8. The lowest BCUT2D eigenvalue weighted by molar-refractivity contribution is -0.138. The predicted octanol–water partition coefficient (Wildman–Crippen LogP) is 1.76. The van der Waals surface area contributed by atoms with Gasteiger partial charge in [0.15, 0.2) is 0 Å². The minimum Gasteiger partial charge on any atom is -0.464 e. The number of aliphatic imine (C=N–C) groups is 1. The lowest BCUT2D eigenvalue weighted by Crippen LogP contribution is -2.26. The van der Waals surface area contributed by atoms with E-state index in [2.05, 4.69) is 14.5 Å². The maximum atomic E-state index is 11.3. The highest BCUT2D eigenvalue weighted by molar-refractivity contribution is 6.62. The number of benzene rings is 1.